The number of carbonyl (C=O) groups excluding carboxylic acids is 1. The molecule has 1 saturated carbocycles. The van der Waals surface area contributed by atoms with E-state index < -0.39 is 17.9 Å². The number of hydrogen-bond acceptors (Lipinski definition) is 4. The van der Waals surface area contributed by atoms with Crippen LogP contribution in [0.4, 0.5) is 0 Å². The normalized spacial score (nSPS) is 25.4. The molecule has 0 aromatic carbocycles. The zero-order valence-electron chi connectivity index (χ0n) is 10.7. The van der Waals surface area contributed by atoms with E-state index in [2.05, 4.69) is 5.32 Å². The molecule has 1 aliphatic rings. The van der Waals surface area contributed by atoms with Gasteiger partial charge in [0.05, 0.1) is 12.0 Å². The van der Waals surface area contributed by atoms with Crippen LogP contribution in [0, 0.1) is 5.92 Å². The third-order valence-electron chi connectivity index (χ3n) is 3.38. The minimum absolute atomic E-state index is 0.287. The largest absolute Gasteiger partial charge is 0.481 e. The van der Waals surface area contributed by atoms with E-state index in [-0.39, 0.29) is 11.9 Å². The fourth-order valence-corrected chi connectivity index (χ4v) is 2.26. The van der Waals surface area contributed by atoms with E-state index in [4.69, 9.17) is 15.6 Å². The molecule has 0 radical (unpaired) electrons. The molecule has 6 heteroatoms. The Labute approximate surface area is 107 Å². The number of methoxy groups -OCH3 is 1. The first-order valence-corrected chi connectivity index (χ1v) is 6.34. The van der Waals surface area contributed by atoms with Crippen molar-refractivity contribution >= 4 is 11.9 Å². The van der Waals surface area contributed by atoms with Gasteiger partial charge in [0.1, 0.15) is 0 Å². The van der Waals surface area contributed by atoms with Crippen molar-refractivity contribution in [3.8, 4) is 0 Å². The van der Waals surface area contributed by atoms with Crippen LogP contribution < -0.4 is 11.1 Å². The molecule has 0 saturated heterocycles. The monoisotopic (exact) mass is 258 g/mol. The van der Waals surface area contributed by atoms with Crippen LogP contribution in [-0.2, 0) is 14.3 Å². The number of amides is 1. The van der Waals surface area contributed by atoms with Crippen LogP contribution in [-0.4, -0.2) is 42.8 Å². The van der Waals surface area contributed by atoms with Crippen LogP contribution in [0.3, 0.4) is 0 Å². The minimum Gasteiger partial charge on any atom is -0.481 e. The molecule has 0 aromatic heterocycles. The molecule has 0 bridgehead atoms. The molecule has 1 rings (SSSR count). The molecule has 6 nitrogen and oxygen atoms in total. The van der Waals surface area contributed by atoms with Crippen molar-refractivity contribution in [2.45, 2.75) is 44.2 Å². The van der Waals surface area contributed by atoms with Crippen LogP contribution in [0.15, 0.2) is 0 Å². The lowest BCUT2D eigenvalue weighted by molar-refractivity contribution is -0.144. The Kier molecular flexibility index (Phi) is 6.07. The first kappa shape index (κ1) is 14.9. The summed E-state index contributed by atoms with van der Waals surface area (Å²) in [6.07, 6.45) is 3.61. The molecule has 3 atom stereocenters. The smallest absolute Gasteiger partial charge is 0.308 e. The lowest BCUT2D eigenvalue weighted by Crippen LogP contribution is -2.50. The van der Waals surface area contributed by atoms with Gasteiger partial charge in [0, 0.05) is 19.8 Å². The fourth-order valence-electron chi connectivity index (χ4n) is 2.26. The van der Waals surface area contributed by atoms with Gasteiger partial charge < -0.3 is 20.9 Å². The molecule has 0 aliphatic heterocycles. The second kappa shape index (κ2) is 7.33. The molecule has 104 valence electrons. The maximum Gasteiger partial charge on any atom is 0.308 e. The van der Waals surface area contributed by atoms with E-state index in [0.717, 1.165) is 12.8 Å². The van der Waals surface area contributed by atoms with Crippen molar-refractivity contribution in [2.24, 2.45) is 11.7 Å². The lowest BCUT2D eigenvalue weighted by Gasteiger charge is -2.30. The number of aliphatic carboxylic acids is 1. The van der Waals surface area contributed by atoms with Crippen LogP contribution >= 0.6 is 0 Å². The van der Waals surface area contributed by atoms with Crippen LogP contribution in [0.5, 0.6) is 0 Å². The molecule has 1 amide bonds. The Hall–Kier alpha value is -1.14. The predicted molar refractivity (Wildman–Crippen MR) is 66.0 cm³/mol. The second-order valence-electron chi connectivity index (χ2n) is 4.73. The predicted octanol–water partition coefficient (Wildman–Crippen LogP) is 0.110. The maximum absolute atomic E-state index is 11.8. The first-order chi connectivity index (χ1) is 8.56. The van der Waals surface area contributed by atoms with Gasteiger partial charge in [-0.1, -0.05) is 12.8 Å². The van der Waals surface area contributed by atoms with Crippen molar-refractivity contribution in [3.05, 3.63) is 0 Å². The van der Waals surface area contributed by atoms with Gasteiger partial charge in [-0.3, -0.25) is 9.59 Å². The molecule has 0 aromatic rings. The van der Waals surface area contributed by atoms with E-state index >= 15 is 0 Å². The van der Waals surface area contributed by atoms with Gasteiger partial charge in [0.2, 0.25) is 5.91 Å². The number of carboxylic acids is 1. The highest BCUT2D eigenvalue weighted by Gasteiger charge is 2.32. The zero-order valence-corrected chi connectivity index (χ0v) is 10.7. The summed E-state index contributed by atoms with van der Waals surface area (Å²) >= 11 is 0. The standard InChI is InChI=1S/C12H22N2O4/c1-18-7-6-9(13)11(15)14-10-5-3-2-4-8(10)12(16)17/h8-10H,2-7,13H2,1H3,(H,14,15)(H,16,17). The quantitative estimate of drug-likeness (QED) is 0.627. The van der Waals surface area contributed by atoms with Crippen molar-refractivity contribution in [1.82, 2.24) is 5.32 Å². The van der Waals surface area contributed by atoms with Crippen molar-refractivity contribution < 1.29 is 19.4 Å². The first-order valence-electron chi connectivity index (χ1n) is 6.34. The van der Waals surface area contributed by atoms with E-state index in [1.165, 1.54) is 0 Å². The number of nitrogens with one attached hydrogen (secondary N) is 1. The summed E-state index contributed by atoms with van der Waals surface area (Å²) in [5.74, 6) is -1.62. The maximum atomic E-state index is 11.8. The Balaban J connectivity index is 2.48. The van der Waals surface area contributed by atoms with Crippen LogP contribution in [0.25, 0.3) is 0 Å². The molecule has 0 heterocycles. The van der Waals surface area contributed by atoms with Gasteiger partial charge in [-0.2, -0.15) is 0 Å². The number of carboxylic acid groups (broad SMARTS) is 1. The highest BCUT2D eigenvalue weighted by Crippen LogP contribution is 2.24. The number of nitrogens with two attached hydrogens (primary N) is 1. The molecule has 0 spiro atoms. The number of rotatable bonds is 6. The summed E-state index contributed by atoms with van der Waals surface area (Å²) in [6.45, 7) is 0.418. The second-order valence-corrected chi connectivity index (χ2v) is 4.73. The zero-order chi connectivity index (χ0) is 13.5. The highest BCUT2D eigenvalue weighted by atomic mass is 16.5. The number of carbonyl (C=O) groups is 2. The summed E-state index contributed by atoms with van der Waals surface area (Å²) in [7, 11) is 1.55. The van der Waals surface area contributed by atoms with Crippen molar-refractivity contribution in [3.63, 3.8) is 0 Å². The minimum atomic E-state index is -0.842. The molecular weight excluding hydrogens is 236 g/mol. The summed E-state index contributed by atoms with van der Waals surface area (Å²) < 4.78 is 4.86. The van der Waals surface area contributed by atoms with E-state index in [9.17, 15) is 9.59 Å². The molecular formula is C12H22N2O4. The van der Waals surface area contributed by atoms with Gasteiger partial charge in [-0.25, -0.2) is 0 Å². The molecule has 18 heavy (non-hydrogen) atoms. The molecule has 4 N–H and O–H groups in total. The van der Waals surface area contributed by atoms with Crippen molar-refractivity contribution in [1.29, 1.82) is 0 Å². The summed E-state index contributed by atoms with van der Waals surface area (Å²) in [5, 5.41) is 11.9. The van der Waals surface area contributed by atoms with Crippen molar-refractivity contribution in [2.75, 3.05) is 13.7 Å². The fraction of sp³-hybridized carbons (Fsp3) is 0.833. The average molecular weight is 258 g/mol. The van der Waals surface area contributed by atoms with Gasteiger partial charge in [-0.15, -0.1) is 0 Å². The van der Waals surface area contributed by atoms with Gasteiger partial charge in [-0.05, 0) is 19.3 Å². The molecule has 1 fully saturated rings. The summed E-state index contributed by atoms with van der Waals surface area (Å²) in [6, 6.07) is -0.932. The number of hydrogen-bond donors (Lipinski definition) is 3. The van der Waals surface area contributed by atoms with Crippen LogP contribution in [0.2, 0.25) is 0 Å². The molecule has 3 unspecified atom stereocenters. The summed E-state index contributed by atoms with van der Waals surface area (Å²) in [5.41, 5.74) is 5.70. The lowest BCUT2D eigenvalue weighted by atomic mass is 9.84. The van der Waals surface area contributed by atoms with Gasteiger partial charge in [0.25, 0.3) is 0 Å². The summed E-state index contributed by atoms with van der Waals surface area (Å²) in [4.78, 5) is 22.9. The van der Waals surface area contributed by atoms with E-state index in [0.29, 0.717) is 25.9 Å². The van der Waals surface area contributed by atoms with E-state index in [1.54, 1.807) is 7.11 Å². The Morgan fingerprint density at radius 1 is 1.44 bits per heavy atom. The number of ether oxygens (including phenoxy) is 1. The van der Waals surface area contributed by atoms with Gasteiger partial charge in [0.15, 0.2) is 0 Å². The Bertz CT molecular complexity index is 296. The average Bonchev–Trinajstić information content (AvgIpc) is 2.36. The van der Waals surface area contributed by atoms with Gasteiger partial charge >= 0.3 is 5.97 Å². The highest BCUT2D eigenvalue weighted by molar-refractivity contribution is 5.82. The van der Waals surface area contributed by atoms with E-state index in [1.807, 2.05) is 0 Å². The SMILES string of the molecule is COCCC(N)C(=O)NC1CCCCC1C(=O)O. The third-order valence-corrected chi connectivity index (χ3v) is 3.38. The Morgan fingerprint density at radius 3 is 2.72 bits per heavy atom. The third kappa shape index (κ3) is 4.27. The topological polar surface area (TPSA) is 102 Å². The van der Waals surface area contributed by atoms with Crippen LogP contribution in [0.1, 0.15) is 32.1 Å². The molecule has 1 aliphatic carbocycles. The Morgan fingerprint density at radius 2 is 2.11 bits per heavy atom.